The number of rotatable bonds is 5. The molecule has 1 aliphatic rings. The summed E-state index contributed by atoms with van der Waals surface area (Å²) in [6, 6.07) is 6.41. The lowest BCUT2D eigenvalue weighted by atomic mass is 9.98. The van der Waals surface area contributed by atoms with Crippen molar-refractivity contribution in [3.05, 3.63) is 18.2 Å². The number of nitrogens with two attached hydrogens (primary N) is 1. The van der Waals surface area contributed by atoms with Gasteiger partial charge in [-0.05, 0) is 44.7 Å². The van der Waals surface area contributed by atoms with Crippen LogP contribution in [0, 0.1) is 0 Å². The van der Waals surface area contributed by atoms with Gasteiger partial charge in [-0.1, -0.05) is 0 Å². The Balaban J connectivity index is 2.20. The highest BCUT2D eigenvalue weighted by Crippen LogP contribution is 2.32. The van der Waals surface area contributed by atoms with E-state index >= 15 is 0 Å². The number of benzene rings is 1. The first kappa shape index (κ1) is 14.0. The molecule has 1 aromatic rings. The third kappa shape index (κ3) is 3.32. The van der Waals surface area contributed by atoms with Gasteiger partial charge in [0.1, 0.15) is 5.75 Å². The first-order chi connectivity index (χ1) is 9.26. The summed E-state index contributed by atoms with van der Waals surface area (Å²) in [5.41, 5.74) is 7.75. The second kappa shape index (κ2) is 6.66. The third-order valence-electron chi connectivity index (χ3n) is 3.72. The lowest BCUT2D eigenvalue weighted by Gasteiger charge is -2.37. The maximum Gasteiger partial charge on any atom is 0.144 e. The third-order valence-corrected chi connectivity index (χ3v) is 3.72. The molecule has 0 aromatic heterocycles. The lowest BCUT2D eigenvalue weighted by molar-refractivity contribution is 0.262. The molecule has 0 radical (unpaired) electrons. The van der Waals surface area contributed by atoms with Gasteiger partial charge in [0, 0.05) is 30.9 Å². The molecule has 2 rings (SSSR count). The molecule has 0 bridgehead atoms. The van der Waals surface area contributed by atoms with E-state index in [1.807, 2.05) is 25.1 Å². The highest BCUT2D eigenvalue weighted by atomic mass is 16.5. The zero-order valence-electron chi connectivity index (χ0n) is 11.6. The van der Waals surface area contributed by atoms with Gasteiger partial charge >= 0.3 is 0 Å². The van der Waals surface area contributed by atoms with Gasteiger partial charge in [0.2, 0.25) is 0 Å². The van der Waals surface area contributed by atoms with E-state index in [2.05, 4.69) is 4.90 Å². The Morgan fingerprint density at radius 2 is 2.26 bits per heavy atom. The predicted molar refractivity (Wildman–Crippen MR) is 78.7 cm³/mol. The van der Waals surface area contributed by atoms with Crippen molar-refractivity contribution in [3.63, 3.8) is 0 Å². The van der Waals surface area contributed by atoms with E-state index in [9.17, 15) is 5.11 Å². The summed E-state index contributed by atoms with van der Waals surface area (Å²) in [5.74, 6) is 0.758. The standard InChI is InChI=1S/C15H24N2O2/c1-2-19-15-11-13(6-7-14(15)16)17-9-4-3-5-12(17)8-10-18/h6-7,11-12,18H,2-5,8-10,16H2,1H3. The zero-order chi connectivity index (χ0) is 13.7. The van der Waals surface area contributed by atoms with Gasteiger partial charge in [-0.25, -0.2) is 0 Å². The molecule has 1 atom stereocenters. The Labute approximate surface area is 115 Å². The molecule has 1 heterocycles. The minimum absolute atomic E-state index is 0.245. The van der Waals surface area contributed by atoms with Gasteiger partial charge in [0.15, 0.2) is 0 Å². The number of piperidine rings is 1. The molecule has 1 aliphatic heterocycles. The molecule has 106 valence electrons. The predicted octanol–water partition coefficient (Wildman–Crippen LogP) is 2.41. The van der Waals surface area contributed by atoms with Crippen molar-refractivity contribution in [2.75, 3.05) is 30.4 Å². The summed E-state index contributed by atoms with van der Waals surface area (Å²) in [7, 11) is 0. The summed E-state index contributed by atoms with van der Waals surface area (Å²) in [5, 5.41) is 9.19. The summed E-state index contributed by atoms with van der Waals surface area (Å²) in [6.07, 6.45) is 4.42. The number of nitrogens with zero attached hydrogens (tertiary/aromatic N) is 1. The van der Waals surface area contributed by atoms with Crippen LogP contribution in [0.3, 0.4) is 0 Å². The number of aliphatic hydroxyl groups is 1. The molecular formula is C15H24N2O2. The highest BCUT2D eigenvalue weighted by Gasteiger charge is 2.22. The normalized spacial score (nSPS) is 19.5. The fourth-order valence-corrected chi connectivity index (χ4v) is 2.77. The van der Waals surface area contributed by atoms with Crippen molar-refractivity contribution >= 4 is 11.4 Å². The summed E-state index contributed by atoms with van der Waals surface area (Å²) >= 11 is 0. The van der Waals surface area contributed by atoms with E-state index in [-0.39, 0.29) is 6.61 Å². The van der Waals surface area contributed by atoms with Gasteiger partial charge in [-0.3, -0.25) is 0 Å². The maximum atomic E-state index is 9.19. The molecule has 0 amide bonds. The Morgan fingerprint density at radius 1 is 1.42 bits per heavy atom. The van der Waals surface area contributed by atoms with E-state index in [4.69, 9.17) is 10.5 Å². The molecule has 0 aliphatic carbocycles. The molecule has 19 heavy (non-hydrogen) atoms. The van der Waals surface area contributed by atoms with E-state index < -0.39 is 0 Å². The van der Waals surface area contributed by atoms with Crippen LogP contribution < -0.4 is 15.4 Å². The van der Waals surface area contributed by atoms with Gasteiger partial charge in [-0.2, -0.15) is 0 Å². The van der Waals surface area contributed by atoms with Crippen LogP contribution in [0.5, 0.6) is 5.75 Å². The van der Waals surface area contributed by atoms with Crippen molar-refractivity contribution in [1.82, 2.24) is 0 Å². The fraction of sp³-hybridized carbons (Fsp3) is 0.600. The topological polar surface area (TPSA) is 58.7 Å². The average Bonchev–Trinajstić information content (AvgIpc) is 2.43. The summed E-state index contributed by atoms with van der Waals surface area (Å²) in [4.78, 5) is 2.38. The van der Waals surface area contributed by atoms with Crippen LogP contribution in [-0.2, 0) is 0 Å². The van der Waals surface area contributed by atoms with Crippen LogP contribution >= 0.6 is 0 Å². The zero-order valence-corrected chi connectivity index (χ0v) is 11.6. The van der Waals surface area contributed by atoms with Gasteiger partial charge in [-0.15, -0.1) is 0 Å². The van der Waals surface area contributed by atoms with E-state index in [0.29, 0.717) is 18.3 Å². The summed E-state index contributed by atoms with van der Waals surface area (Å²) < 4.78 is 5.56. The van der Waals surface area contributed by atoms with Crippen molar-refractivity contribution in [2.24, 2.45) is 0 Å². The fourth-order valence-electron chi connectivity index (χ4n) is 2.77. The Morgan fingerprint density at radius 3 is 3.00 bits per heavy atom. The SMILES string of the molecule is CCOc1cc(N2CCCCC2CCO)ccc1N. The number of anilines is 2. The number of hydrogen-bond donors (Lipinski definition) is 2. The van der Waals surface area contributed by atoms with E-state index in [1.165, 1.54) is 12.8 Å². The van der Waals surface area contributed by atoms with Crippen LogP contribution in [0.1, 0.15) is 32.6 Å². The minimum atomic E-state index is 0.245. The molecule has 1 fully saturated rings. The molecular weight excluding hydrogens is 240 g/mol. The average molecular weight is 264 g/mol. The quantitative estimate of drug-likeness (QED) is 0.802. The van der Waals surface area contributed by atoms with E-state index in [1.54, 1.807) is 0 Å². The van der Waals surface area contributed by atoms with Gasteiger partial charge < -0.3 is 20.5 Å². The first-order valence-corrected chi connectivity index (χ1v) is 7.16. The van der Waals surface area contributed by atoms with Crippen molar-refractivity contribution in [1.29, 1.82) is 0 Å². The second-order valence-electron chi connectivity index (χ2n) is 5.01. The minimum Gasteiger partial charge on any atom is -0.492 e. The maximum absolute atomic E-state index is 9.19. The largest absolute Gasteiger partial charge is 0.492 e. The Hall–Kier alpha value is -1.42. The molecule has 4 nitrogen and oxygen atoms in total. The van der Waals surface area contributed by atoms with Crippen LogP contribution in [0.25, 0.3) is 0 Å². The van der Waals surface area contributed by atoms with Crippen LogP contribution in [0.2, 0.25) is 0 Å². The smallest absolute Gasteiger partial charge is 0.144 e. The number of aliphatic hydroxyl groups excluding tert-OH is 1. The number of hydrogen-bond acceptors (Lipinski definition) is 4. The first-order valence-electron chi connectivity index (χ1n) is 7.16. The van der Waals surface area contributed by atoms with Gasteiger partial charge in [0.25, 0.3) is 0 Å². The molecule has 1 unspecified atom stereocenters. The van der Waals surface area contributed by atoms with Crippen LogP contribution in [-0.4, -0.2) is 30.9 Å². The Kier molecular flexibility index (Phi) is 4.91. The second-order valence-corrected chi connectivity index (χ2v) is 5.01. The number of ether oxygens (including phenoxy) is 1. The van der Waals surface area contributed by atoms with Crippen LogP contribution in [0.4, 0.5) is 11.4 Å². The number of nitrogen functional groups attached to an aromatic ring is 1. The van der Waals surface area contributed by atoms with E-state index in [0.717, 1.165) is 30.8 Å². The molecule has 4 heteroatoms. The lowest BCUT2D eigenvalue weighted by Crippen LogP contribution is -2.40. The highest BCUT2D eigenvalue weighted by molar-refractivity contribution is 5.62. The summed E-state index contributed by atoms with van der Waals surface area (Å²) in [6.45, 7) is 3.86. The Bertz CT molecular complexity index is 407. The molecule has 1 aromatic carbocycles. The van der Waals surface area contributed by atoms with Crippen molar-refractivity contribution in [3.8, 4) is 5.75 Å². The van der Waals surface area contributed by atoms with Crippen molar-refractivity contribution < 1.29 is 9.84 Å². The molecule has 1 saturated heterocycles. The molecule has 3 N–H and O–H groups in total. The molecule has 0 spiro atoms. The van der Waals surface area contributed by atoms with Crippen LogP contribution in [0.15, 0.2) is 18.2 Å². The van der Waals surface area contributed by atoms with Gasteiger partial charge in [0.05, 0.1) is 12.3 Å². The van der Waals surface area contributed by atoms with Crippen molar-refractivity contribution in [2.45, 2.75) is 38.6 Å². The molecule has 0 saturated carbocycles. The monoisotopic (exact) mass is 264 g/mol.